The van der Waals surface area contributed by atoms with Gasteiger partial charge >= 0.3 is 11.9 Å². The predicted molar refractivity (Wildman–Crippen MR) is 183 cm³/mol. The lowest BCUT2D eigenvalue weighted by Gasteiger charge is -2.62. The smallest absolute Gasteiger partial charge is 0.306 e. The van der Waals surface area contributed by atoms with Gasteiger partial charge < -0.3 is 14.9 Å². The fourth-order valence-corrected chi connectivity index (χ4v) is 11.3. The monoisotopic (exact) mass is 631 g/mol. The summed E-state index contributed by atoms with van der Waals surface area (Å²) in [6, 6.07) is 0. The molecule has 0 saturated heterocycles. The number of carbonyl (C=O) groups is 2. The van der Waals surface area contributed by atoms with E-state index in [4.69, 9.17) is 4.74 Å². The van der Waals surface area contributed by atoms with Crippen molar-refractivity contribution in [3.63, 3.8) is 0 Å². The number of rotatable bonds is 19. The molecular formula is C40H70O5. The SMILES string of the molecule is CCCCCCCCCCCCCCCC(=O)OC1CCC2(C)C(CCC3C2CC(O)C2(C)C(C(C)CCC(=O)O)CCC32)C1. The van der Waals surface area contributed by atoms with E-state index in [-0.39, 0.29) is 35.4 Å². The summed E-state index contributed by atoms with van der Waals surface area (Å²) >= 11 is 0. The van der Waals surface area contributed by atoms with Crippen molar-refractivity contribution in [3.8, 4) is 0 Å². The highest BCUT2D eigenvalue weighted by Gasteiger charge is 2.63. The summed E-state index contributed by atoms with van der Waals surface area (Å²) in [4.78, 5) is 24.0. The van der Waals surface area contributed by atoms with Gasteiger partial charge in [-0.2, -0.15) is 0 Å². The van der Waals surface area contributed by atoms with Crippen LogP contribution in [0.3, 0.4) is 0 Å². The van der Waals surface area contributed by atoms with Crippen LogP contribution in [0.2, 0.25) is 0 Å². The molecule has 4 saturated carbocycles. The van der Waals surface area contributed by atoms with E-state index in [0.29, 0.717) is 48.3 Å². The maximum absolute atomic E-state index is 12.8. The number of aliphatic carboxylic acids is 1. The maximum atomic E-state index is 12.8. The molecule has 4 aliphatic rings. The normalized spacial score (nSPS) is 36.5. The molecule has 0 aromatic rings. The average Bonchev–Trinajstić information content (AvgIpc) is 3.37. The second kappa shape index (κ2) is 17.3. The van der Waals surface area contributed by atoms with Crippen molar-refractivity contribution in [3.05, 3.63) is 0 Å². The number of carboxylic acids is 1. The van der Waals surface area contributed by atoms with Gasteiger partial charge in [0.25, 0.3) is 0 Å². The molecule has 10 atom stereocenters. The lowest BCUT2D eigenvalue weighted by Crippen LogP contribution is -2.59. The van der Waals surface area contributed by atoms with Gasteiger partial charge in [-0.05, 0) is 111 Å². The van der Waals surface area contributed by atoms with Crippen LogP contribution in [0.15, 0.2) is 0 Å². The van der Waals surface area contributed by atoms with E-state index in [1.54, 1.807) is 0 Å². The van der Waals surface area contributed by atoms with Gasteiger partial charge in [-0.3, -0.25) is 9.59 Å². The van der Waals surface area contributed by atoms with Crippen molar-refractivity contribution >= 4 is 11.9 Å². The number of esters is 1. The number of hydrogen-bond donors (Lipinski definition) is 2. The Kier molecular flexibility index (Phi) is 14.2. The molecule has 5 nitrogen and oxygen atoms in total. The Bertz CT molecular complexity index is 918. The Morgan fingerprint density at radius 1 is 0.778 bits per heavy atom. The number of carboxylic acid groups (broad SMARTS) is 1. The number of unbranched alkanes of at least 4 members (excludes halogenated alkanes) is 12. The highest BCUT2D eigenvalue weighted by atomic mass is 16.5. The summed E-state index contributed by atoms with van der Waals surface area (Å²) in [6.45, 7) is 9.34. The second-order valence-corrected chi connectivity index (χ2v) is 16.7. The number of fused-ring (bicyclic) bond motifs is 5. The molecule has 0 bridgehead atoms. The molecule has 45 heavy (non-hydrogen) atoms. The molecule has 4 rings (SSSR count). The zero-order valence-corrected chi connectivity index (χ0v) is 29.7. The lowest BCUT2D eigenvalue weighted by molar-refractivity contribution is -0.181. The number of ether oxygens (including phenoxy) is 1. The summed E-state index contributed by atoms with van der Waals surface area (Å²) in [6.07, 6.45) is 27.0. The fourth-order valence-electron chi connectivity index (χ4n) is 11.3. The van der Waals surface area contributed by atoms with Crippen LogP contribution in [0, 0.1) is 46.3 Å². The van der Waals surface area contributed by atoms with Crippen molar-refractivity contribution < 1.29 is 24.5 Å². The highest BCUT2D eigenvalue weighted by Crippen LogP contribution is 2.68. The molecule has 10 unspecified atom stereocenters. The van der Waals surface area contributed by atoms with E-state index in [2.05, 4.69) is 27.7 Å². The molecule has 0 radical (unpaired) electrons. The first kappa shape index (κ1) is 36.7. The van der Waals surface area contributed by atoms with Gasteiger partial charge in [-0.15, -0.1) is 0 Å². The molecule has 0 spiro atoms. The molecule has 4 fully saturated rings. The summed E-state index contributed by atoms with van der Waals surface area (Å²) in [5.41, 5.74) is 0.124. The van der Waals surface area contributed by atoms with Crippen LogP contribution in [-0.2, 0) is 14.3 Å². The predicted octanol–water partition coefficient (Wildman–Crippen LogP) is 10.5. The lowest BCUT2D eigenvalue weighted by atomic mass is 9.43. The van der Waals surface area contributed by atoms with Crippen LogP contribution in [0.5, 0.6) is 0 Å². The van der Waals surface area contributed by atoms with E-state index in [0.717, 1.165) is 44.9 Å². The van der Waals surface area contributed by atoms with Crippen LogP contribution in [-0.4, -0.2) is 34.4 Å². The van der Waals surface area contributed by atoms with Crippen molar-refractivity contribution in [2.24, 2.45) is 46.3 Å². The van der Waals surface area contributed by atoms with Crippen LogP contribution in [0.4, 0.5) is 0 Å². The van der Waals surface area contributed by atoms with Gasteiger partial charge in [0, 0.05) is 12.8 Å². The first-order valence-corrected chi connectivity index (χ1v) is 19.7. The molecule has 0 heterocycles. The largest absolute Gasteiger partial charge is 0.481 e. The first-order chi connectivity index (χ1) is 21.6. The van der Waals surface area contributed by atoms with Crippen molar-refractivity contribution in [2.45, 2.75) is 194 Å². The van der Waals surface area contributed by atoms with Gasteiger partial charge in [0.15, 0.2) is 0 Å². The number of aliphatic hydroxyl groups excluding tert-OH is 1. The Morgan fingerprint density at radius 2 is 1.40 bits per heavy atom. The number of aliphatic hydroxyl groups is 1. The number of carbonyl (C=O) groups excluding carboxylic acids is 1. The minimum atomic E-state index is -0.710. The van der Waals surface area contributed by atoms with E-state index < -0.39 is 5.97 Å². The van der Waals surface area contributed by atoms with E-state index in [9.17, 15) is 19.8 Å². The fraction of sp³-hybridized carbons (Fsp3) is 0.950. The van der Waals surface area contributed by atoms with Gasteiger partial charge in [0.2, 0.25) is 0 Å². The van der Waals surface area contributed by atoms with Crippen molar-refractivity contribution in [1.82, 2.24) is 0 Å². The summed E-state index contributed by atoms with van der Waals surface area (Å²) in [5, 5.41) is 21.0. The van der Waals surface area contributed by atoms with Gasteiger partial charge in [0.1, 0.15) is 6.10 Å². The third-order valence-electron chi connectivity index (χ3n) is 14.1. The standard InChI is InChI=1S/C40H70O5/c1-5-6-7-8-9-10-11-12-13-14-15-16-17-18-38(44)45-31-25-26-39(3)30(27-31)20-21-32-34-23-22-33(29(2)19-24-37(42)43)40(34,4)36(41)28-35(32)39/h29-36,41H,5-28H2,1-4H3,(H,42,43). The summed E-state index contributed by atoms with van der Waals surface area (Å²) < 4.78 is 6.09. The second-order valence-electron chi connectivity index (χ2n) is 16.7. The van der Waals surface area contributed by atoms with Gasteiger partial charge in [0.05, 0.1) is 6.10 Å². The highest BCUT2D eigenvalue weighted by molar-refractivity contribution is 5.69. The molecule has 2 N–H and O–H groups in total. The molecular weight excluding hydrogens is 560 g/mol. The Hall–Kier alpha value is -1.10. The zero-order valence-electron chi connectivity index (χ0n) is 29.7. The van der Waals surface area contributed by atoms with Crippen LogP contribution in [0.25, 0.3) is 0 Å². The minimum Gasteiger partial charge on any atom is -0.481 e. The molecule has 4 aliphatic carbocycles. The first-order valence-electron chi connectivity index (χ1n) is 19.7. The van der Waals surface area contributed by atoms with E-state index in [1.807, 2.05) is 0 Å². The van der Waals surface area contributed by atoms with Crippen LogP contribution >= 0.6 is 0 Å². The molecule has 0 aliphatic heterocycles. The zero-order chi connectivity index (χ0) is 32.5. The topological polar surface area (TPSA) is 83.8 Å². The van der Waals surface area contributed by atoms with Crippen LogP contribution in [0.1, 0.15) is 182 Å². The third kappa shape index (κ3) is 9.08. The molecule has 5 heteroatoms. The minimum absolute atomic E-state index is 0.0123. The molecule has 260 valence electrons. The van der Waals surface area contributed by atoms with Crippen LogP contribution < -0.4 is 0 Å². The Morgan fingerprint density at radius 3 is 2.02 bits per heavy atom. The van der Waals surface area contributed by atoms with Crippen molar-refractivity contribution in [2.75, 3.05) is 0 Å². The number of hydrogen-bond acceptors (Lipinski definition) is 4. The summed E-state index contributed by atoms with van der Waals surface area (Å²) in [7, 11) is 0. The molecule has 0 amide bonds. The maximum Gasteiger partial charge on any atom is 0.306 e. The van der Waals surface area contributed by atoms with Crippen molar-refractivity contribution in [1.29, 1.82) is 0 Å². The Balaban J connectivity index is 1.15. The average molecular weight is 631 g/mol. The van der Waals surface area contributed by atoms with E-state index in [1.165, 1.54) is 89.9 Å². The van der Waals surface area contributed by atoms with E-state index >= 15 is 0 Å². The Labute approximate surface area is 276 Å². The summed E-state index contributed by atoms with van der Waals surface area (Å²) in [5.74, 6) is 2.36. The van der Waals surface area contributed by atoms with Gasteiger partial charge in [-0.1, -0.05) is 105 Å². The van der Waals surface area contributed by atoms with Gasteiger partial charge in [-0.25, -0.2) is 0 Å². The molecule has 0 aromatic carbocycles. The molecule has 0 aromatic heterocycles. The quantitative estimate of drug-likeness (QED) is 0.110. The third-order valence-corrected chi connectivity index (χ3v) is 14.1.